The molecule has 1 N–H and O–H groups in total. The first-order valence-corrected chi connectivity index (χ1v) is 8.68. The zero-order chi connectivity index (χ0) is 20.5. The Bertz CT molecular complexity index is 1210. The van der Waals surface area contributed by atoms with Gasteiger partial charge in [0, 0.05) is 30.0 Å². The number of hydrogen-bond donors (Lipinski definition) is 1. The van der Waals surface area contributed by atoms with E-state index in [-0.39, 0.29) is 28.4 Å². The van der Waals surface area contributed by atoms with Crippen molar-refractivity contribution in [3.8, 4) is 17.0 Å². The van der Waals surface area contributed by atoms with E-state index in [1.54, 1.807) is 19.2 Å². The number of amides is 1. The summed E-state index contributed by atoms with van der Waals surface area (Å²) in [6.07, 6.45) is 4.45. The van der Waals surface area contributed by atoms with Crippen molar-refractivity contribution in [1.29, 1.82) is 0 Å². The fourth-order valence-corrected chi connectivity index (χ4v) is 3.01. The Balaban J connectivity index is 1.73. The minimum atomic E-state index is -3.03. The van der Waals surface area contributed by atoms with Gasteiger partial charge in [0.1, 0.15) is 11.4 Å². The van der Waals surface area contributed by atoms with Gasteiger partial charge >= 0.3 is 6.61 Å². The van der Waals surface area contributed by atoms with Crippen LogP contribution in [0.15, 0.2) is 48.9 Å². The van der Waals surface area contributed by atoms with Gasteiger partial charge in [-0.1, -0.05) is 11.6 Å². The van der Waals surface area contributed by atoms with Crippen LogP contribution in [0.5, 0.6) is 5.75 Å². The molecular formula is C18H13ClF2N6O2. The predicted molar refractivity (Wildman–Crippen MR) is 101 cm³/mol. The number of nitrogens with zero attached hydrogens (tertiary/aromatic N) is 5. The number of carbonyl (C=O) groups is 1. The van der Waals surface area contributed by atoms with Crippen LogP contribution in [0.2, 0.25) is 5.02 Å². The summed E-state index contributed by atoms with van der Waals surface area (Å²) in [4.78, 5) is 16.9. The summed E-state index contributed by atoms with van der Waals surface area (Å²) in [7, 11) is 1.63. The lowest BCUT2D eigenvalue weighted by Crippen LogP contribution is -2.15. The molecule has 0 aliphatic carbocycles. The van der Waals surface area contributed by atoms with Gasteiger partial charge in [0.25, 0.3) is 5.91 Å². The molecule has 3 aromatic heterocycles. The van der Waals surface area contributed by atoms with Crippen LogP contribution in [-0.2, 0) is 7.05 Å². The van der Waals surface area contributed by atoms with Gasteiger partial charge in [-0.25, -0.2) is 9.50 Å². The van der Waals surface area contributed by atoms with E-state index in [2.05, 4.69) is 25.2 Å². The maximum Gasteiger partial charge on any atom is 0.387 e. The number of carbonyl (C=O) groups excluding carboxylic acids is 1. The Hall–Kier alpha value is -3.53. The Morgan fingerprint density at radius 3 is 2.93 bits per heavy atom. The van der Waals surface area contributed by atoms with Crippen molar-refractivity contribution in [3.05, 3.63) is 59.6 Å². The number of halogens is 3. The quantitative estimate of drug-likeness (QED) is 0.534. The molecular weight excluding hydrogens is 406 g/mol. The number of nitrogens with one attached hydrogen (secondary N) is 1. The van der Waals surface area contributed by atoms with E-state index < -0.39 is 12.5 Å². The van der Waals surface area contributed by atoms with Crippen molar-refractivity contribution in [2.75, 3.05) is 5.32 Å². The number of benzene rings is 1. The predicted octanol–water partition coefficient (Wildman–Crippen LogP) is 3.64. The summed E-state index contributed by atoms with van der Waals surface area (Å²) in [6.45, 7) is -3.03. The number of anilines is 1. The fourth-order valence-electron chi connectivity index (χ4n) is 2.84. The second-order valence-corrected chi connectivity index (χ2v) is 6.41. The number of fused-ring (bicyclic) bond motifs is 1. The topological polar surface area (TPSA) is 86.3 Å². The highest BCUT2D eigenvalue weighted by Crippen LogP contribution is 2.36. The number of alkyl halides is 2. The summed E-state index contributed by atoms with van der Waals surface area (Å²) in [5.74, 6) is -0.612. The lowest BCUT2D eigenvalue weighted by molar-refractivity contribution is -0.0494. The lowest BCUT2D eigenvalue weighted by Gasteiger charge is -2.11. The van der Waals surface area contributed by atoms with E-state index >= 15 is 0 Å². The molecule has 0 spiro atoms. The Morgan fingerprint density at radius 2 is 2.14 bits per heavy atom. The van der Waals surface area contributed by atoms with Crippen molar-refractivity contribution >= 4 is 28.8 Å². The third-order valence-electron chi connectivity index (χ3n) is 4.00. The van der Waals surface area contributed by atoms with Gasteiger partial charge < -0.3 is 10.1 Å². The smallest absolute Gasteiger partial charge is 0.387 e. The minimum absolute atomic E-state index is 0.116. The highest BCUT2D eigenvalue weighted by molar-refractivity contribution is 6.31. The Labute approximate surface area is 167 Å². The number of ether oxygens (including phenoxy) is 1. The molecule has 0 aliphatic heterocycles. The van der Waals surface area contributed by atoms with Crippen LogP contribution in [0.4, 0.5) is 14.5 Å². The van der Waals surface area contributed by atoms with Gasteiger partial charge in [-0.05, 0) is 30.3 Å². The second-order valence-electron chi connectivity index (χ2n) is 5.98. The summed E-state index contributed by atoms with van der Waals surface area (Å²) >= 11 is 6.03. The van der Waals surface area contributed by atoms with E-state index in [4.69, 9.17) is 11.6 Å². The van der Waals surface area contributed by atoms with Crippen molar-refractivity contribution < 1.29 is 18.3 Å². The zero-order valence-corrected chi connectivity index (χ0v) is 15.6. The molecule has 4 aromatic rings. The average Bonchev–Trinajstić information content (AvgIpc) is 3.26. The Kier molecular flexibility index (Phi) is 4.85. The van der Waals surface area contributed by atoms with Crippen LogP contribution in [0.3, 0.4) is 0 Å². The Morgan fingerprint density at radius 1 is 1.31 bits per heavy atom. The van der Waals surface area contributed by atoms with Crippen molar-refractivity contribution in [1.82, 2.24) is 24.4 Å². The second kappa shape index (κ2) is 7.47. The van der Waals surface area contributed by atoms with E-state index in [0.717, 1.165) is 0 Å². The third kappa shape index (κ3) is 3.74. The minimum Gasteiger partial charge on any atom is -0.434 e. The van der Waals surface area contributed by atoms with Gasteiger partial charge in [-0.3, -0.25) is 9.48 Å². The van der Waals surface area contributed by atoms with Crippen LogP contribution >= 0.6 is 11.6 Å². The van der Waals surface area contributed by atoms with Gasteiger partial charge in [0.2, 0.25) is 0 Å². The average molecular weight is 419 g/mol. The highest BCUT2D eigenvalue weighted by Gasteiger charge is 2.21. The SMILES string of the molecule is Cn1cc(NC(=O)c2cnc3cccnn23)c(-c2cc(Cl)ccc2OC(F)F)n1. The lowest BCUT2D eigenvalue weighted by atomic mass is 10.1. The van der Waals surface area contributed by atoms with Crippen LogP contribution in [0.1, 0.15) is 10.5 Å². The van der Waals surface area contributed by atoms with E-state index in [1.807, 2.05) is 0 Å². The number of hydrogen-bond acceptors (Lipinski definition) is 5. The molecule has 0 radical (unpaired) electrons. The first-order valence-electron chi connectivity index (χ1n) is 8.31. The molecule has 0 saturated heterocycles. The molecule has 3 heterocycles. The maximum atomic E-state index is 12.8. The number of aryl methyl sites for hydroxylation is 1. The molecule has 0 bridgehead atoms. The summed E-state index contributed by atoms with van der Waals surface area (Å²) in [5.41, 5.74) is 1.42. The molecule has 4 rings (SSSR count). The summed E-state index contributed by atoms with van der Waals surface area (Å²) in [5, 5.41) is 11.4. The van der Waals surface area contributed by atoms with Crippen LogP contribution in [-0.4, -0.2) is 36.9 Å². The molecule has 0 saturated carbocycles. The van der Waals surface area contributed by atoms with E-state index in [1.165, 1.54) is 46.0 Å². The molecule has 0 atom stereocenters. The zero-order valence-electron chi connectivity index (χ0n) is 14.9. The molecule has 148 valence electrons. The summed E-state index contributed by atoms with van der Waals surface area (Å²) in [6, 6.07) is 7.59. The molecule has 11 heteroatoms. The van der Waals surface area contributed by atoms with Crippen LogP contribution in [0.25, 0.3) is 16.9 Å². The van der Waals surface area contributed by atoms with E-state index in [0.29, 0.717) is 10.7 Å². The molecule has 8 nitrogen and oxygen atoms in total. The number of aromatic nitrogens is 5. The first kappa shape index (κ1) is 18.8. The van der Waals surface area contributed by atoms with Gasteiger partial charge in [-0.2, -0.15) is 19.0 Å². The molecule has 0 unspecified atom stereocenters. The van der Waals surface area contributed by atoms with Crippen molar-refractivity contribution in [2.24, 2.45) is 7.05 Å². The van der Waals surface area contributed by atoms with Gasteiger partial charge in [0.15, 0.2) is 11.3 Å². The molecule has 0 aliphatic rings. The van der Waals surface area contributed by atoms with Crippen molar-refractivity contribution in [3.63, 3.8) is 0 Å². The summed E-state index contributed by atoms with van der Waals surface area (Å²) < 4.78 is 33.0. The largest absolute Gasteiger partial charge is 0.434 e. The van der Waals surface area contributed by atoms with Gasteiger partial charge in [-0.15, -0.1) is 0 Å². The van der Waals surface area contributed by atoms with Gasteiger partial charge in [0.05, 0.1) is 11.9 Å². The monoisotopic (exact) mass is 418 g/mol. The maximum absolute atomic E-state index is 12.8. The fraction of sp³-hybridized carbons (Fsp3) is 0.111. The molecule has 1 amide bonds. The van der Waals surface area contributed by atoms with Crippen LogP contribution < -0.4 is 10.1 Å². The first-order chi connectivity index (χ1) is 13.9. The highest BCUT2D eigenvalue weighted by atomic mass is 35.5. The standard InChI is InChI=1S/C18H13ClF2N6O2/c1-26-9-12(24-17(28)13-8-22-15-3-2-6-23-27(13)15)16(25-26)11-7-10(19)4-5-14(11)29-18(20)21/h2-9,18H,1H3,(H,24,28). The molecule has 29 heavy (non-hydrogen) atoms. The number of imidazole rings is 1. The van der Waals surface area contributed by atoms with Crippen LogP contribution in [0, 0.1) is 0 Å². The number of rotatable bonds is 5. The normalized spacial score (nSPS) is 11.2. The third-order valence-corrected chi connectivity index (χ3v) is 4.24. The molecule has 0 fully saturated rings. The van der Waals surface area contributed by atoms with Crippen molar-refractivity contribution in [2.45, 2.75) is 6.61 Å². The van der Waals surface area contributed by atoms with E-state index in [9.17, 15) is 13.6 Å². The molecule has 1 aromatic carbocycles.